The molecular formula is C56H101N3O9. The zero-order chi connectivity index (χ0) is 51.6. The van der Waals surface area contributed by atoms with Crippen LogP contribution in [0.5, 0.6) is 0 Å². The third-order valence-electron chi connectivity index (χ3n) is 13.8. The number of hydrogen-bond donors (Lipinski definition) is 3. The summed E-state index contributed by atoms with van der Waals surface area (Å²) in [6.45, 7) is 18.7. The van der Waals surface area contributed by atoms with E-state index in [4.69, 9.17) is 0 Å². The summed E-state index contributed by atoms with van der Waals surface area (Å²) in [5.74, 6) is -4.44. The highest BCUT2D eigenvalue weighted by Gasteiger charge is 2.35. The number of nitrogens with zero attached hydrogens (tertiary/aromatic N) is 1. The van der Waals surface area contributed by atoms with Gasteiger partial charge in [-0.2, -0.15) is 0 Å². The minimum atomic E-state index is -1.27. The van der Waals surface area contributed by atoms with E-state index in [0.29, 0.717) is 25.7 Å². The Kier molecular flexibility index (Phi) is 36.6. The summed E-state index contributed by atoms with van der Waals surface area (Å²) < 4.78 is 0. The molecule has 0 aliphatic carbocycles. The highest BCUT2D eigenvalue weighted by atomic mass is 16.3. The van der Waals surface area contributed by atoms with Crippen molar-refractivity contribution in [2.75, 3.05) is 7.05 Å². The molecule has 0 radical (unpaired) electrons. The van der Waals surface area contributed by atoms with Gasteiger partial charge in [0.05, 0.1) is 18.1 Å². The van der Waals surface area contributed by atoms with Crippen LogP contribution in [0.3, 0.4) is 0 Å². The maximum Gasteiger partial charge on any atom is 0.224 e. The predicted octanol–water partition coefficient (Wildman–Crippen LogP) is 11.2. The average Bonchev–Trinajstić information content (AvgIpc) is 3.29. The van der Waals surface area contributed by atoms with Gasteiger partial charge < -0.3 is 20.6 Å². The molecule has 0 rings (SSSR count). The molecule has 394 valence electrons. The largest absolute Gasteiger partial charge is 0.385 e. The van der Waals surface area contributed by atoms with E-state index < -0.39 is 53.8 Å². The highest BCUT2D eigenvalue weighted by Crippen LogP contribution is 2.24. The molecule has 3 N–H and O–H groups in total. The number of aliphatic hydroxyl groups excluding tert-OH is 1. The molecule has 0 aromatic heterocycles. The van der Waals surface area contributed by atoms with Gasteiger partial charge in [-0.25, -0.2) is 0 Å². The molecule has 0 heterocycles. The summed E-state index contributed by atoms with van der Waals surface area (Å²) in [6.07, 6.45) is 20.5. The number of likely N-dealkylation sites (N-methyl/N-ethyl adjacent to an activating group) is 1. The number of ketones is 5. The molecule has 0 aliphatic rings. The van der Waals surface area contributed by atoms with Crippen molar-refractivity contribution in [3.63, 3.8) is 0 Å². The first-order valence-corrected chi connectivity index (χ1v) is 27.4. The number of carbonyl (C=O) groups is 8. The fourth-order valence-corrected chi connectivity index (χ4v) is 9.15. The van der Waals surface area contributed by atoms with Crippen molar-refractivity contribution in [3.05, 3.63) is 0 Å². The number of rotatable bonds is 44. The Morgan fingerprint density at radius 3 is 1.56 bits per heavy atom. The van der Waals surface area contributed by atoms with Crippen molar-refractivity contribution in [2.45, 2.75) is 273 Å². The van der Waals surface area contributed by atoms with Gasteiger partial charge in [0.25, 0.3) is 0 Å². The summed E-state index contributed by atoms with van der Waals surface area (Å²) >= 11 is 0. The van der Waals surface area contributed by atoms with Crippen LogP contribution >= 0.6 is 0 Å². The molecule has 3 unspecified atom stereocenters. The van der Waals surface area contributed by atoms with Crippen molar-refractivity contribution < 1.29 is 43.5 Å². The normalized spacial score (nSPS) is 15.1. The maximum atomic E-state index is 14.1. The Bertz CT molecular complexity index is 1480. The molecule has 68 heavy (non-hydrogen) atoms. The zero-order valence-corrected chi connectivity index (χ0v) is 45.2. The van der Waals surface area contributed by atoms with Crippen LogP contribution in [0, 0.1) is 29.6 Å². The van der Waals surface area contributed by atoms with Gasteiger partial charge in [0.2, 0.25) is 17.7 Å². The lowest BCUT2D eigenvalue weighted by atomic mass is 9.87. The Morgan fingerprint density at radius 1 is 0.500 bits per heavy atom. The first kappa shape index (κ1) is 64.7. The fraction of sp³-hybridized carbons (Fsp3) is 0.857. The van der Waals surface area contributed by atoms with E-state index in [1.54, 1.807) is 34.7 Å². The number of aliphatic hydroxyl groups is 1. The molecule has 0 saturated carbocycles. The molecule has 0 aromatic carbocycles. The van der Waals surface area contributed by atoms with Gasteiger partial charge in [0.1, 0.15) is 11.9 Å². The Balaban J connectivity index is 5.62. The maximum absolute atomic E-state index is 14.1. The minimum absolute atomic E-state index is 0.0551. The molecule has 0 fully saturated rings. The van der Waals surface area contributed by atoms with Crippen LogP contribution in [-0.4, -0.2) is 87.9 Å². The number of Topliss-reactive ketones (excluding diaryl/α,β-unsaturated/α-hetero) is 5. The summed E-state index contributed by atoms with van der Waals surface area (Å²) in [5, 5.41) is 16.1. The van der Waals surface area contributed by atoms with Crippen molar-refractivity contribution in [1.82, 2.24) is 15.5 Å². The van der Waals surface area contributed by atoms with E-state index in [9.17, 15) is 43.5 Å². The molecular weight excluding hydrogens is 859 g/mol. The van der Waals surface area contributed by atoms with Crippen molar-refractivity contribution >= 4 is 46.6 Å². The summed E-state index contributed by atoms with van der Waals surface area (Å²) in [6, 6.07) is -2.55. The molecule has 12 nitrogen and oxygen atoms in total. The van der Waals surface area contributed by atoms with E-state index in [1.807, 2.05) is 20.8 Å². The van der Waals surface area contributed by atoms with Crippen LogP contribution in [0.15, 0.2) is 0 Å². The van der Waals surface area contributed by atoms with Crippen LogP contribution in [-0.2, 0) is 38.4 Å². The number of unbranched alkanes of at least 4 members (excludes halogenated alkanes) is 15. The van der Waals surface area contributed by atoms with E-state index in [2.05, 4.69) is 31.4 Å². The van der Waals surface area contributed by atoms with E-state index in [0.717, 1.165) is 64.2 Å². The number of hydrogen-bond acceptors (Lipinski definition) is 9. The summed E-state index contributed by atoms with van der Waals surface area (Å²) in [5.41, 5.74) is 0. The van der Waals surface area contributed by atoms with E-state index in [-0.39, 0.29) is 85.2 Å². The third kappa shape index (κ3) is 28.4. The molecule has 0 spiro atoms. The lowest BCUT2D eigenvalue weighted by Gasteiger charge is -2.33. The van der Waals surface area contributed by atoms with E-state index in [1.165, 1.54) is 56.3 Å². The first-order valence-electron chi connectivity index (χ1n) is 27.4. The molecule has 8 atom stereocenters. The second-order valence-electron chi connectivity index (χ2n) is 20.9. The van der Waals surface area contributed by atoms with Crippen LogP contribution in [0.25, 0.3) is 0 Å². The minimum Gasteiger partial charge on any atom is -0.385 e. The molecule has 0 saturated heterocycles. The van der Waals surface area contributed by atoms with Crippen LogP contribution in [0.4, 0.5) is 0 Å². The molecule has 0 bridgehead atoms. The topological polar surface area (TPSA) is 184 Å². The number of amides is 3. The molecule has 0 aromatic rings. The summed E-state index contributed by atoms with van der Waals surface area (Å²) in [7, 11) is 1.56. The second kappa shape index (κ2) is 38.5. The number of carbonyl (C=O) groups excluding carboxylic acids is 8. The standard InChI is InChI=1S/C56H101N3O9/c1-12-16-19-21-22-23-24-25-26-27-30-33-46(60)39-45(32-29-20-17-13-2)56(68)57-44(10)49(62)34-35-52(65)59(11)53(41(7)31-28-18-14-3)51(64)38-43(9)55(67)58-47(36-40(5)6)50(63)37-42(8)54(66)48(61)15-4/h40-45,47,53-54,66H,12-39H2,1-11H3,(H,57,68)(H,58,67)/t41?,42?,43-,44-,45+,47+,53+,54?/m1/s1. The van der Waals surface area contributed by atoms with Gasteiger partial charge in [0.15, 0.2) is 23.1 Å². The highest BCUT2D eigenvalue weighted by molar-refractivity contribution is 5.96. The average molecular weight is 960 g/mol. The van der Waals surface area contributed by atoms with E-state index >= 15 is 0 Å². The Morgan fingerprint density at radius 2 is 1.01 bits per heavy atom. The van der Waals surface area contributed by atoms with Gasteiger partial charge >= 0.3 is 0 Å². The Labute approximate surface area is 414 Å². The fourth-order valence-electron chi connectivity index (χ4n) is 9.15. The first-order chi connectivity index (χ1) is 32.2. The third-order valence-corrected chi connectivity index (χ3v) is 13.8. The predicted molar refractivity (Wildman–Crippen MR) is 275 cm³/mol. The smallest absolute Gasteiger partial charge is 0.224 e. The Hall–Kier alpha value is -3.28. The number of nitrogens with one attached hydrogen (secondary N) is 2. The summed E-state index contributed by atoms with van der Waals surface area (Å²) in [4.78, 5) is 108. The van der Waals surface area contributed by atoms with Gasteiger partial charge in [-0.1, -0.05) is 171 Å². The van der Waals surface area contributed by atoms with Crippen LogP contribution < -0.4 is 10.6 Å². The monoisotopic (exact) mass is 960 g/mol. The van der Waals surface area contributed by atoms with Crippen molar-refractivity contribution in [2.24, 2.45) is 29.6 Å². The SMILES string of the molecule is CCCCCCCCCCCCCC(=O)C[C@H](CCCCCC)C(=O)N[C@H](C)C(=O)CCC(=O)N(C)[C@H](C(=O)C[C@@H](C)C(=O)N[C@@H](CC(C)C)C(=O)CC(C)C(O)C(=O)CC)C(C)CCCCC. The van der Waals surface area contributed by atoms with Gasteiger partial charge in [-0.3, -0.25) is 38.4 Å². The van der Waals surface area contributed by atoms with Gasteiger partial charge in [-0.05, 0) is 50.4 Å². The van der Waals surface area contributed by atoms with Gasteiger partial charge in [-0.15, -0.1) is 0 Å². The zero-order valence-electron chi connectivity index (χ0n) is 45.2. The second-order valence-corrected chi connectivity index (χ2v) is 20.9. The molecule has 0 aliphatic heterocycles. The van der Waals surface area contributed by atoms with Gasteiger partial charge in [0, 0.05) is 63.8 Å². The lowest BCUT2D eigenvalue weighted by molar-refractivity contribution is -0.142. The lowest BCUT2D eigenvalue weighted by Crippen LogP contribution is -2.49. The van der Waals surface area contributed by atoms with Crippen molar-refractivity contribution in [3.8, 4) is 0 Å². The van der Waals surface area contributed by atoms with Crippen LogP contribution in [0.2, 0.25) is 0 Å². The quantitative estimate of drug-likeness (QED) is 0.0500. The molecule has 3 amide bonds. The van der Waals surface area contributed by atoms with Crippen LogP contribution in [0.1, 0.15) is 249 Å². The molecule has 12 heteroatoms. The van der Waals surface area contributed by atoms with Crippen molar-refractivity contribution in [1.29, 1.82) is 0 Å².